The van der Waals surface area contributed by atoms with E-state index in [0.29, 0.717) is 12.1 Å². The summed E-state index contributed by atoms with van der Waals surface area (Å²) < 4.78 is 5.32. The van der Waals surface area contributed by atoms with Crippen LogP contribution in [0.3, 0.4) is 0 Å². The summed E-state index contributed by atoms with van der Waals surface area (Å²) in [5, 5.41) is 11.4. The highest BCUT2D eigenvalue weighted by molar-refractivity contribution is 6.14. The van der Waals surface area contributed by atoms with Crippen LogP contribution in [0.2, 0.25) is 0 Å². The average Bonchev–Trinajstić information content (AvgIpc) is 2.81. The van der Waals surface area contributed by atoms with Gasteiger partial charge in [0.15, 0.2) is 0 Å². The number of unbranched alkanes of at least 4 members (excludes halogenated alkanes) is 3. The van der Waals surface area contributed by atoms with Gasteiger partial charge in [-0.05, 0) is 30.2 Å². The van der Waals surface area contributed by atoms with Crippen molar-refractivity contribution in [2.75, 3.05) is 6.54 Å². The van der Waals surface area contributed by atoms with Crippen LogP contribution in [0, 0.1) is 0 Å². The molecule has 1 atom stereocenters. The van der Waals surface area contributed by atoms with Gasteiger partial charge in [0.25, 0.3) is 5.91 Å². The predicted molar refractivity (Wildman–Crippen MR) is 120 cm³/mol. The van der Waals surface area contributed by atoms with Crippen molar-refractivity contribution in [2.45, 2.75) is 38.7 Å². The predicted octanol–water partition coefficient (Wildman–Crippen LogP) is 3.89. The third-order valence-corrected chi connectivity index (χ3v) is 4.65. The van der Waals surface area contributed by atoms with Gasteiger partial charge in [-0.1, -0.05) is 68.7 Å². The molecule has 168 valence electrons. The number of ketones is 1. The highest BCUT2D eigenvalue weighted by atomic mass is 16.6. The quantitative estimate of drug-likeness (QED) is 0.171. The highest BCUT2D eigenvalue weighted by Gasteiger charge is 2.31. The molecule has 1 unspecified atom stereocenters. The first-order valence-electron chi connectivity index (χ1n) is 10.5. The molecule has 0 aliphatic carbocycles. The molecule has 2 aromatic rings. The number of benzene rings is 2. The van der Waals surface area contributed by atoms with E-state index in [1.807, 2.05) is 0 Å². The van der Waals surface area contributed by atoms with Crippen LogP contribution in [0.4, 0.5) is 0 Å². The van der Waals surface area contributed by atoms with Crippen LogP contribution in [0.15, 0.2) is 60.7 Å². The molecule has 0 saturated heterocycles. The maximum Gasteiger partial charge on any atom is 0.339 e. The van der Waals surface area contributed by atoms with Crippen LogP contribution >= 0.6 is 0 Å². The largest absolute Gasteiger partial charge is 0.478 e. The van der Waals surface area contributed by atoms with Gasteiger partial charge in [-0.15, -0.1) is 0 Å². The van der Waals surface area contributed by atoms with Gasteiger partial charge >= 0.3 is 11.9 Å². The lowest BCUT2D eigenvalue weighted by molar-refractivity contribution is -0.131. The summed E-state index contributed by atoms with van der Waals surface area (Å²) in [7, 11) is 0. The molecular formula is C25H27NO6. The molecule has 0 aromatic heterocycles. The Balaban J connectivity index is 2.12. The molecule has 0 radical (unpaired) electrons. The Hall–Kier alpha value is -3.74. The van der Waals surface area contributed by atoms with Crippen molar-refractivity contribution in [3.8, 4) is 0 Å². The molecule has 0 aliphatic heterocycles. The maximum absolute atomic E-state index is 12.9. The minimum atomic E-state index is -1.61. The average molecular weight is 437 g/mol. The van der Waals surface area contributed by atoms with Gasteiger partial charge in [0, 0.05) is 18.2 Å². The highest BCUT2D eigenvalue weighted by Crippen LogP contribution is 2.12. The third kappa shape index (κ3) is 7.83. The monoisotopic (exact) mass is 437 g/mol. The number of hydrogen-bond donors (Lipinski definition) is 2. The number of nitrogens with one attached hydrogen (secondary N) is 1. The van der Waals surface area contributed by atoms with Gasteiger partial charge in [0.05, 0.1) is 5.56 Å². The molecule has 0 saturated carbocycles. The number of rotatable bonds is 12. The fourth-order valence-electron chi connectivity index (χ4n) is 2.91. The summed E-state index contributed by atoms with van der Waals surface area (Å²) >= 11 is 0. The van der Waals surface area contributed by atoms with Crippen LogP contribution in [0.25, 0.3) is 6.08 Å². The number of amides is 1. The van der Waals surface area contributed by atoms with E-state index in [1.54, 1.807) is 30.3 Å². The second kappa shape index (κ2) is 12.8. The Labute approximate surface area is 187 Å². The molecule has 2 N–H and O–H groups in total. The SMILES string of the molecule is CCCCCCNC(=O)C(OC(=O)c1ccc(/C=C/C(=O)O)cc1)C(=O)c1ccccc1. The van der Waals surface area contributed by atoms with Crippen LogP contribution in [-0.4, -0.2) is 41.4 Å². The first-order chi connectivity index (χ1) is 15.4. The van der Waals surface area contributed by atoms with Crippen molar-refractivity contribution in [2.24, 2.45) is 0 Å². The smallest absolute Gasteiger partial charge is 0.339 e. The number of hydrogen-bond acceptors (Lipinski definition) is 5. The second-order valence-electron chi connectivity index (χ2n) is 7.16. The van der Waals surface area contributed by atoms with Gasteiger partial charge in [0.1, 0.15) is 0 Å². The lowest BCUT2D eigenvalue weighted by Gasteiger charge is -2.17. The fraction of sp³-hybridized carbons (Fsp3) is 0.280. The molecule has 0 fully saturated rings. The van der Waals surface area contributed by atoms with Gasteiger partial charge in [-0.2, -0.15) is 0 Å². The second-order valence-corrected chi connectivity index (χ2v) is 7.16. The summed E-state index contributed by atoms with van der Waals surface area (Å²) in [4.78, 5) is 48.8. The zero-order chi connectivity index (χ0) is 23.3. The van der Waals surface area contributed by atoms with E-state index in [1.165, 1.54) is 30.3 Å². The number of carbonyl (C=O) groups excluding carboxylic acids is 3. The number of Topliss-reactive ketones (excluding diaryl/α,β-unsaturated/α-hetero) is 1. The normalized spacial score (nSPS) is 11.7. The van der Waals surface area contributed by atoms with Crippen molar-refractivity contribution in [3.05, 3.63) is 77.4 Å². The van der Waals surface area contributed by atoms with Crippen molar-refractivity contribution < 1.29 is 29.0 Å². The van der Waals surface area contributed by atoms with Crippen LogP contribution < -0.4 is 5.32 Å². The topological polar surface area (TPSA) is 110 Å². The van der Waals surface area contributed by atoms with Crippen LogP contribution in [0.5, 0.6) is 0 Å². The molecule has 0 spiro atoms. The van der Waals surface area contributed by atoms with Gasteiger partial charge in [-0.25, -0.2) is 9.59 Å². The molecule has 0 bridgehead atoms. The number of carbonyl (C=O) groups is 4. The number of carboxylic acid groups (broad SMARTS) is 1. The van der Waals surface area contributed by atoms with E-state index in [9.17, 15) is 19.2 Å². The number of esters is 1. The van der Waals surface area contributed by atoms with Crippen molar-refractivity contribution in [1.29, 1.82) is 0 Å². The van der Waals surface area contributed by atoms with Crippen LogP contribution in [0.1, 0.15) is 58.9 Å². The van der Waals surface area contributed by atoms with Crippen molar-refractivity contribution in [3.63, 3.8) is 0 Å². The summed E-state index contributed by atoms with van der Waals surface area (Å²) in [5.74, 6) is -3.18. The van der Waals surface area contributed by atoms with E-state index >= 15 is 0 Å². The van der Waals surface area contributed by atoms with E-state index in [4.69, 9.17) is 9.84 Å². The lowest BCUT2D eigenvalue weighted by atomic mass is 10.1. The molecule has 7 heteroatoms. The number of aliphatic carboxylic acids is 1. The molecule has 0 aliphatic rings. The molecule has 32 heavy (non-hydrogen) atoms. The lowest BCUT2D eigenvalue weighted by Crippen LogP contribution is -2.43. The van der Waals surface area contributed by atoms with Gasteiger partial charge in [-0.3, -0.25) is 9.59 Å². The third-order valence-electron chi connectivity index (χ3n) is 4.65. The molecule has 1 amide bonds. The summed E-state index contributed by atoms with van der Waals surface area (Å²) in [6, 6.07) is 14.1. The minimum absolute atomic E-state index is 0.138. The summed E-state index contributed by atoms with van der Waals surface area (Å²) in [6.45, 7) is 2.47. The van der Waals surface area contributed by atoms with E-state index in [0.717, 1.165) is 31.8 Å². The molecule has 2 aromatic carbocycles. The molecule has 2 rings (SSSR count). The van der Waals surface area contributed by atoms with Crippen LogP contribution in [-0.2, 0) is 14.3 Å². The Kier molecular flexibility index (Phi) is 9.84. The van der Waals surface area contributed by atoms with Gasteiger partial charge in [0.2, 0.25) is 11.9 Å². The molecule has 7 nitrogen and oxygen atoms in total. The Bertz CT molecular complexity index is 950. The van der Waals surface area contributed by atoms with Crippen molar-refractivity contribution >= 4 is 29.7 Å². The first-order valence-corrected chi connectivity index (χ1v) is 10.5. The minimum Gasteiger partial charge on any atom is -0.478 e. The first kappa shape index (κ1) is 24.5. The molecular weight excluding hydrogens is 410 g/mol. The number of carboxylic acids is 1. The number of ether oxygens (including phenoxy) is 1. The zero-order valence-corrected chi connectivity index (χ0v) is 18.0. The Morgan fingerprint density at radius 3 is 2.25 bits per heavy atom. The summed E-state index contributed by atoms with van der Waals surface area (Å²) in [5.41, 5.74) is 0.977. The maximum atomic E-state index is 12.9. The molecule has 0 heterocycles. The fourth-order valence-corrected chi connectivity index (χ4v) is 2.91. The summed E-state index contributed by atoms with van der Waals surface area (Å²) in [6.07, 6.45) is 4.59. The Morgan fingerprint density at radius 2 is 1.62 bits per heavy atom. The van der Waals surface area contributed by atoms with E-state index in [2.05, 4.69) is 12.2 Å². The van der Waals surface area contributed by atoms with E-state index in [-0.39, 0.29) is 11.1 Å². The zero-order valence-electron chi connectivity index (χ0n) is 18.0. The standard InChI is InChI=1S/C25H27NO6/c1-2-3-4-8-17-26-24(30)23(22(29)19-9-6-5-7-10-19)32-25(31)20-14-11-18(12-15-20)13-16-21(27)28/h5-7,9-16,23H,2-4,8,17H2,1H3,(H,26,30)(H,27,28)/b16-13+. The van der Waals surface area contributed by atoms with Crippen molar-refractivity contribution in [1.82, 2.24) is 5.32 Å². The van der Waals surface area contributed by atoms with E-state index < -0.39 is 29.7 Å². The Morgan fingerprint density at radius 1 is 0.938 bits per heavy atom. The van der Waals surface area contributed by atoms with Gasteiger partial charge < -0.3 is 15.2 Å².